The van der Waals surface area contributed by atoms with Crippen molar-refractivity contribution in [3.63, 3.8) is 0 Å². The number of nitrogens with two attached hydrogens (primary N) is 1. The van der Waals surface area contributed by atoms with E-state index in [1.54, 1.807) is 55.5 Å². The first kappa shape index (κ1) is 36.5. The van der Waals surface area contributed by atoms with Crippen molar-refractivity contribution in [3.8, 4) is 0 Å². The number of carboxylic acids is 1. The summed E-state index contributed by atoms with van der Waals surface area (Å²) in [7, 11) is 0. The average Bonchev–Trinajstić information content (AvgIpc) is 3.60. The van der Waals surface area contributed by atoms with Gasteiger partial charge in [-0.25, -0.2) is 4.79 Å². The molecule has 1 fully saturated rings. The molecule has 2 aromatic carbocycles. The molecule has 0 saturated carbocycles. The molecule has 1 heterocycles. The minimum atomic E-state index is -1.20. The summed E-state index contributed by atoms with van der Waals surface area (Å²) in [4.78, 5) is 65.6. The van der Waals surface area contributed by atoms with Gasteiger partial charge in [-0.3, -0.25) is 24.6 Å². The number of carbonyl (C=O) groups is 5. The van der Waals surface area contributed by atoms with E-state index in [9.17, 15) is 29.1 Å². The van der Waals surface area contributed by atoms with E-state index in [-0.39, 0.29) is 37.6 Å². The molecule has 0 aliphatic carbocycles. The van der Waals surface area contributed by atoms with Crippen molar-refractivity contribution in [1.82, 2.24) is 31.9 Å². The van der Waals surface area contributed by atoms with Crippen LogP contribution in [0, 0.1) is 5.41 Å². The number of hydrogen-bond acceptors (Lipinski definition) is 7. The smallest absolute Gasteiger partial charge is 0.326 e. The molecule has 0 radical (unpaired) electrons. The number of guanidine groups is 1. The SMILES string of the molecule is CC[C@H](NC(=O)[C@H](Cc1ccccc1)NC(=O)[C@H](Cc1ccccc1)NC(=O)[C@H](CCCNC(=N)N)NC(=O)[C@@H]1CCCN1)C(=O)O. The Balaban J connectivity index is 1.84. The Morgan fingerprint density at radius 2 is 1.34 bits per heavy atom. The maximum absolute atomic E-state index is 13.9. The third-order valence-electron chi connectivity index (χ3n) is 7.85. The Labute approximate surface area is 274 Å². The summed E-state index contributed by atoms with van der Waals surface area (Å²) in [5.41, 5.74) is 6.86. The highest BCUT2D eigenvalue weighted by Gasteiger charge is 2.32. The molecule has 3 rings (SSSR count). The first-order valence-corrected chi connectivity index (χ1v) is 15.9. The van der Waals surface area contributed by atoms with Gasteiger partial charge < -0.3 is 42.7 Å². The van der Waals surface area contributed by atoms with Crippen molar-refractivity contribution in [2.24, 2.45) is 5.73 Å². The van der Waals surface area contributed by atoms with Crippen LogP contribution in [0.5, 0.6) is 0 Å². The van der Waals surface area contributed by atoms with Gasteiger partial charge in [0.15, 0.2) is 5.96 Å². The topological polar surface area (TPSA) is 228 Å². The van der Waals surface area contributed by atoms with Crippen molar-refractivity contribution in [2.45, 2.75) is 82.1 Å². The lowest BCUT2D eigenvalue weighted by Crippen LogP contribution is -2.59. The quantitative estimate of drug-likeness (QED) is 0.0596. The number of benzene rings is 2. The summed E-state index contributed by atoms with van der Waals surface area (Å²) in [6.07, 6.45) is 2.38. The van der Waals surface area contributed by atoms with Gasteiger partial charge in [0.1, 0.15) is 24.2 Å². The van der Waals surface area contributed by atoms with Crippen molar-refractivity contribution >= 4 is 35.6 Å². The fraction of sp³-hybridized carbons (Fsp3) is 0.455. The second-order valence-corrected chi connectivity index (χ2v) is 11.5. The van der Waals surface area contributed by atoms with Gasteiger partial charge in [-0.05, 0) is 49.8 Å². The molecular weight excluding hydrogens is 604 g/mol. The Hall–Kier alpha value is -4.98. The predicted molar refractivity (Wildman–Crippen MR) is 176 cm³/mol. The Bertz CT molecular complexity index is 1350. The van der Waals surface area contributed by atoms with E-state index >= 15 is 0 Å². The van der Waals surface area contributed by atoms with Gasteiger partial charge in [-0.1, -0.05) is 67.6 Å². The summed E-state index contributed by atoms with van der Waals surface area (Å²) >= 11 is 0. The number of carboxylic acid groups (broad SMARTS) is 1. The van der Waals surface area contributed by atoms with Gasteiger partial charge in [0, 0.05) is 19.4 Å². The van der Waals surface area contributed by atoms with E-state index < -0.39 is 53.9 Å². The summed E-state index contributed by atoms with van der Waals surface area (Å²) in [5.74, 6) is -3.64. The normalized spacial score (nSPS) is 16.5. The zero-order chi connectivity index (χ0) is 34.2. The molecular formula is C33H46N8O6. The largest absolute Gasteiger partial charge is 0.480 e. The van der Waals surface area contributed by atoms with Gasteiger partial charge >= 0.3 is 5.97 Å². The van der Waals surface area contributed by atoms with Crippen LogP contribution in [0.2, 0.25) is 0 Å². The Morgan fingerprint density at radius 1 is 0.830 bits per heavy atom. The van der Waals surface area contributed by atoms with E-state index in [1.165, 1.54) is 0 Å². The summed E-state index contributed by atoms with van der Waals surface area (Å²) in [6, 6.07) is 13.1. The molecule has 4 amide bonds. The van der Waals surface area contributed by atoms with Gasteiger partial charge in [-0.15, -0.1) is 0 Å². The minimum Gasteiger partial charge on any atom is -0.480 e. The standard InChI is InChI=1S/C33H46N8O6/c1-2-23(32(46)47)38-30(44)26(19-21-11-5-3-6-12-21)41-31(45)27(20-22-13-7-4-8-14-22)40-29(43)25(16-10-18-37-33(34)35)39-28(42)24-15-9-17-36-24/h3-8,11-14,23-27,36H,2,9-10,15-20H2,1H3,(H,38,44)(H,39,42)(H,40,43)(H,41,45)(H,46,47)(H4,34,35,37)/t23-,24-,25-,26-,27-/m0/s1. The molecule has 14 heteroatoms. The molecule has 2 aromatic rings. The molecule has 0 bridgehead atoms. The third-order valence-corrected chi connectivity index (χ3v) is 7.85. The maximum atomic E-state index is 13.9. The molecule has 0 spiro atoms. The van der Waals surface area contributed by atoms with Crippen LogP contribution >= 0.6 is 0 Å². The van der Waals surface area contributed by atoms with Crippen LogP contribution in [0.1, 0.15) is 50.2 Å². The highest BCUT2D eigenvalue weighted by atomic mass is 16.4. The van der Waals surface area contributed by atoms with Gasteiger partial charge in [-0.2, -0.15) is 0 Å². The molecule has 1 saturated heterocycles. The predicted octanol–water partition coefficient (Wildman–Crippen LogP) is -0.0791. The van der Waals surface area contributed by atoms with Crippen LogP contribution in [0.25, 0.3) is 0 Å². The van der Waals surface area contributed by atoms with Crippen LogP contribution in [-0.4, -0.2) is 84.0 Å². The summed E-state index contributed by atoms with van der Waals surface area (Å²) < 4.78 is 0. The number of aliphatic carboxylic acids is 1. The van der Waals surface area contributed by atoms with E-state index in [0.29, 0.717) is 25.9 Å². The number of amides is 4. The van der Waals surface area contributed by atoms with Gasteiger partial charge in [0.2, 0.25) is 23.6 Å². The van der Waals surface area contributed by atoms with E-state index in [1.807, 2.05) is 12.1 Å². The van der Waals surface area contributed by atoms with E-state index in [2.05, 4.69) is 31.9 Å². The second-order valence-electron chi connectivity index (χ2n) is 11.5. The van der Waals surface area contributed by atoms with Crippen molar-refractivity contribution < 1.29 is 29.1 Å². The number of nitrogens with one attached hydrogen (secondary N) is 7. The Morgan fingerprint density at radius 3 is 1.79 bits per heavy atom. The fourth-order valence-electron chi connectivity index (χ4n) is 5.25. The average molecular weight is 651 g/mol. The van der Waals surface area contributed by atoms with Gasteiger partial charge in [0.25, 0.3) is 0 Å². The zero-order valence-electron chi connectivity index (χ0n) is 26.6. The minimum absolute atomic E-state index is 0.0800. The molecule has 254 valence electrons. The van der Waals surface area contributed by atoms with Crippen LogP contribution in [-0.2, 0) is 36.8 Å². The first-order valence-electron chi connectivity index (χ1n) is 15.9. The number of rotatable bonds is 18. The Kier molecular flexibility index (Phi) is 14.6. The molecule has 47 heavy (non-hydrogen) atoms. The van der Waals surface area contributed by atoms with E-state index in [0.717, 1.165) is 17.5 Å². The van der Waals surface area contributed by atoms with Crippen LogP contribution < -0.4 is 37.6 Å². The molecule has 10 N–H and O–H groups in total. The monoisotopic (exact) mass is 650 g/mol. The first-order chi connectivity index (χ1) is 22.6. The van der Waals surface area contributed by atoms with Crippen LogP contribution in [0.4, 0.5) is 0 Å². The maximum Gasteiger partial charge on any atom is 0.326 e. The molecule has 1 aliphatic heterocycles. The highest BCUT2D eigenvalue weighted by molar-refractivity contribution is 5.95. The fourth-order valence-corrected chi connectivity index (χ4v) is 5.25. The third kappa shape index (κ3) is 12.4. The lowest BCUT2D eigenvalue weighted by Gasteiger charge is -2.27. The van der Waals surface area contributed by atoms with Crippen molar-refractivity contribution in [1.29, 1.82) is 5.41 Å². The molecule has 14 nitrogen and oxygen atoms in total. The molecule has 1 aliphatic rings. The van der Waals surface area contributed by atoms with E-state index in [4.69, 9.17) is 11.1 Å². The molecule has 0 unspecified atom stereocenters. The van der Waals surface area contributed by atoms with Gasteiger partial charge in [0.05, 0.1) is 6.04 Å². The second kappa shape index (κ2) is 18.9. The van der Waals surface area contributed by atoms with Crippen LogP contribution in [0.3, 0.4) is 0 Å². The highest BCUT2D eigenvalue weighted by Crippen LogP contribution is 2.10. The molecule has 5 atom stereocenters. The number of hydrogen-bond donors (Lipinski definition) is 9. The molecule has 0 aromatic heterocycles. The van der Waals surface area contributed by atoms with Crippen LogP contribution in [0.15, 0.2) is 60.7 Å². The lowest BCUT2D eigenvalue weighted by atomic mass is 10.0. The summed E-state index contributed by atoms with van der Waals surface area (Å²) in [5, 5.41) is 33.5. The number of carbonyl (C=O) groups excluding carboxylic acids is 4. The lowest BCUT2D eigenvalue weighted by molar-refractivity contribution is -0.142. The summed E-state index contributed by atoms with van der Waals surface area (Å²) in [6.45, 7) is 2.62. The van der Waals surface area contributed by atoms with Crippen molar-refractivity contribution in [2.75, 3.05) is 13.1 Å². The van der Waals surface area contributed by atoms with Crippen molar-refractivity contribution in [3.05, 3.63) is 71.8 Å². The zero-order valence-corrected chi connectivity index (χ0v) is 26.6.